The average molecular weight is 660 g/mol. The first-order chi connectivity index (χ1) is 22.4. The van der Waals surface area contributed by atoms with Gasteiger partial charge in [0.15, 0.2) is 6.29 Å². The third-order valence-corrected chi connectivity index (χ3v) is 9.14. The summed E-state index contributed by atoms with van der Waals surface area (Å²) in [7, 11) is 0. The van der Waals surface area contributed by atoms with Gasteiger partial charge in [-0.1, -0.05) is 149 Å². The maximum atomic E-state index is 12.7. The van der Waals surface area contributed by atoms with Crippen LogP contribution in [0.25, 0.3) is 0 Å². The van der Waals surface area contributed by atoms with Crippen LogP contribution in [0.3, 0.4) is 0 Å². The fourth-order valence-electron chi connectivity index (χ4n) is 6.07. The lowest BCUT2D eigenvalue weighted by Crippen LogP contribution is -2.59. The molecule has 0 aromatic heterocycles. The van der Waals surface area contributed by atoms with Gasteiger partial charge in [0.25, 0.3) is 0 Å². The summed E-state index contributed by atoms with van der Waals surface area (Å²) in [6.45, 7) is 4.84. The molecule has 0 aromatic rings. The van der Waals surface area contributed by atoms with E-state index in [1.807, 2.05) is 0 Å². The van der Waals surface area contributed by atoms with Crippen LogP contribution in [0.2, 0.25) is 0 Å². The molecular weight excluding hydrogens is 586 g/mol. The van der Waals surface area contributed by atoms with Crippen molar-refractivity contribution in [1.82, 2.24) is 5.32 Å². The Labute approximate surface area is 281 Å². The number of aliphatic hydroxyl groups is 4. The summed E-state index contributed by atoms with van der Waals surface area (Å²) in [5.74, 6) is -0.0644. The van der Waals surface area contributed by atoms with Crippen molar-refractivity contribution in [2.75, 3.05) is 26.4 Å². The van der Waals surface area contributed by atoms with Crippen molar-refractivity contribution >= 4 is 5.91 Å². The number of aliphatic hydroxyl groups excluding tert-OH is 4. The molecule has 1 fully saturated rings. The second-order valence-electron chi connectivity index (χ2n) is 13.5. The highest BCUT2D eigenvalue weighted by molar-refractivity contribution is 5.76. The molecule has 0 radical (unpaired) electrons. The van der Waals surface area contributed by atoms with E-state index in [0.717, 1.165) is 32.1 Å². The van der Waals surface area contributed by atoms with Gasteiger partial charge in [-0.3, -0.25) is 4.79 Å². The Hall–Kier alpha value is -0.810. The molecule has 6 atom stereocenters. The van der Waals surface area contributed by atoms with Crippen LogP contribution in [-0.2, 0) is 19.0 Å². The highest BCUT2D eigenvalue weighted by atomic mass is 16.7. The number of ether oxygens (including phenoxy) is 3. The molecule has 1 aliphatic heterocycles. The van der Waals surface area contributed by atoms with E-state index in [2.05, 4.69) is 19.2 Å². The Morgan fingerprint density at radius 3 is 1.57 bits per heavy atom. The van der Waals surface area contributed by atoms with E-state index in [0.29, 0.717) is 13.0 Å². The summed E-state index contributed by atoms with van der Waals surface area (Å²) in [4.78, 5) is 12.7. The summed E-state index contributed by atoms with van der Waals surface area (Å²) < 4.78 is 17.1. The van der Waals surface area contributed by atoms with Crippen molar-refractivity contribution < 1.29 is 39.4 Å². The van der Waals surface area contributed by atoms with Crippen LogP contribution in [0.5, 0.6) is 0 Å². The van der Waals surface area contributed by atoms with Crippen LogP contribution < -0.4 is 5.32 Å². The molecule has 0 bridgehead atoms. The lowest BCUT2D eigenvalue weighted by Gasteiger charge is -2.40. The molecule has 1 amide bonds. The second-order valence-corrected chi connectivity index (χ2v) is 13.5. The van der Waals surface area contributed by atoms with Crippen LogP contribution in [0.1, 0.15) is 168 Å². The zero-order valence-electron chi connectivity index (χ0n) is 29.7. The fraction of sp³-hybridized carbons (Fsp3) is 0.973. The van der Waals surface area contributed by atoms with E-state index >= 15 is 0 Å². The first-order valence-electron chi connectivity index (χ1n) is 19.2. The van der Waals surface area contributed by atoms with Crippen LogP contribution in [-0.4, -0.2) is 89.5 Å². The van der Waals surface area contributed by atoms with Crippen molar-refractivity contribution in [3.63, 3.8) is 0 Å². The molecule has 1 saturated heterocycles. The molecule has 5 N–H and O–H groups in total. The normalized spacial score (nSPS) is 22.3. The lowest BCUT2D eigenvalue weighted by molar-refractivity contribution is -0.302. The Morgan fingerprint density at radius 1 is 0.630 bits per heavy atom. The van der Waals surface area contributed by atoms with Gasteiger partial charge in [0.2, 0.25) is 5.91 Å². The Kier molecular flexibility index (Phi) is 28.4. The number of rotatable bonds is 32. The first-order valence-corrected chi connectivity index (χ1v) is 19.2. The quantitative estimate of drug-likeness (QED) is 0.0503. The molecule has 0 unspecified atom stereocenters. The van der Waals surface area contributed by atoms with Gasteiger partial charge in [-0.25, -0.2) is 0 Å². The summed E-state index contributed by atoms with van der Waals surface area (Å²) >= 11 is 0. The third-order valence-electron chi connectivity index (χ3n) is 9.14. The third kappa shape index (κ3) is 21.9. The fourth-order valence-corrected chi connectivity index (χ4v) is 6.07. The Balaban J connectivity index is 2.30. The summed E-state index contributed by atoms with van der Waals surface area (Å²) in [5.41, 5.74) is 0. The van der Waals surface area contributed by atoms with E-state index in [4.69, 9.17) is 14.2 Å². The molecule has 46 heavy (non-hydrogen) atoms. The number of carbonyl (C=O) groups is 1. The number of unbranched alkanes of at least 4 members (excludes halogenated alkanes) is 21. The van der Waals surface area contributed by atoms with E-state index in [9.17, 15) is 25.2 Å². The zero-order chi connectivity index (χ0) is 33.7. The number of nitrogens with one attached hydrogen (secondary N) is 1. The van der Waals surface area contributed by atoms with Crippen molar-refractivity contribution in [3.05, 3.63) is 0 Å². The van der Waals surface area contributed by atoms with Gasteiger partial charge in [-0.15, -0.1) is 0 Å². The Bertz CT molecular complexity index is 682. The standard InChI is InChI=1S/C37H73NO8/c1-3-5-7-9-11-13-14-15-16-17-19-21-23-25-27-44-29-31(30-45-37-36(43)35(42)34(41)32(28-39)46-37)38-33(40)26-24-22-20-18-12-10-8-6-4-2/h31-32,34-37,39,41-43H,3-30H2,1-2H3,(H,38,40)/t31-,32-,34+,35+,36-,37-/m1/s1. The van der Waals surface area contributed by atoms with Gasteiger partial charge in [-0.2, -0.15) is 0 Å². The summed E-state index contributed by atoms with van der Waals surface area (Å²) in [6, 6.07) is -0.454. The molecule has 274 valence electrons. The van der Waals surface area contributed by atoms with Crippen LogP contribution in [0, 0.1) is 0 Å². The molecule has 0 saturated carbocycles. The lowest BCUT2D eigenvalue weighted by atomic mass is 9.99. The molecular formula is C37H73NO8. The molecule has 9 nitrogen and oxygen atoms in total. The van der Waals surface area contributed by atoms with E-state index in [1.54, 1.807) is 0 Å². The predicted octanol–water partition coefficient (Wildman–Crippen LogP) is 6.71. The molecule has 1 aliphatic rings. The van der Waals surface area contributed by atoms with Crippen LogP contribution in [0.4, 0.5) is 0 Å². The van der Waals surface area contributed by atoms with Crippen molar-refractivity contribution in [3.8, 4) is 0 Å². The van der Waals surface area contributed by atoms with Crippen molar-refractivity contribution in [2.24, 2.45) is 0 Å². The number of hydrogen-bond donors (Lipinski definition) is 5. The maximum absolute atomic E-state index is 12.7. The van der Waals surface area contributed by atoms with Gasteiger partial charge in [-0.05, 0) is 12.8 Å². The molecule has 0 aliphatic carbocycles. The van der Waals surface area contributed by atoms with E-state index in [-0.39, 0.29) is 19.1 Å². The minimum atomic E-state index is -1.51. The second kappa shape index (κ2) is 30.3. The monoisotopic (exact) mass is 660 g/mol. The predicted molar refractivity (Wildman–Crippen MR) is 185 cm³/mol. The SMILES string of the molecule is CCCCCCCCCCCCCCCCOC[C@H](CO[C@@H]1O[C@H](CO)[C@H](O)[C@H](O)[C@H]1O)NC(=O)CCCCCCCCCCC. The maximum Gasteiger partial charge on any atom is 0.220 e. The average Bonchev–Trinajstić information content (AvgIpc) is 3.05. The topological polar surface area (TPSA) is 138 Å². The minimum Gasteiger partial charge on any atom is -0.394 e. The Morgan fingerprint density at radius 2 is 1.09 bits per heavy atom. The van der Waals surface area contributed by atoms with Crippen molar-refractivity contribution in [1.29, 1.82) is 0 Å². The molecule has 0 aromatic carbocycles. The van der Waals surface area contributed by atoms with Gasteiger partial charge in [0, 0.05) is 13.0 Å². The summed E-state index contributed by atoms with van der Waals surface area (Å²) in [5, 5.41) is 42.9. The smallest absolute Gasteiger partial charge is 0.220 e. The molecule has 1 rings (SSSR count). The molecule has 9 heteroatoms. The van der Waals surface area contributed by atoms with Crippen LogP contribution >= 0.6 is 0 Å². The zero-order valence-corrected chi connectivity index (χ0v) is 29.7. The van der Waals surface area contributed by atoms with Crippen LogP contribution in [0.15, 0.2) is 0 Å². The molecule has 0 spiro atoms. The number of amides is 1. The van der Waals surface area contributed by atoms with Crippen molar-refractivity contribution in [2.45, 2.75) is 205 Å². The molecule has 1 heterocycles. The van der Waals surface area contributed by atoms with Gasteiger partial charge >= 0.3 is 0 Å². The minimum absolute atomic E-state index is 0.00489. The highest BCUT2D eigenvalue weighted by Gasteiger charge is 2.44. The van der Waals surface area contributed by atoms with E-state index in [1.165, 1.54) is 116 Å². The van der Waals surface area contributed by atoms with Gasteiger partial charge < -0.3 is 40.0 Å². The highest BCUT2D eigenvalue weighted by Crippen LogP contribution is 2.22. The number of carbonyl (C=O) groups excluding carboxylic acids is 1. The van der Waals surface area contributed by atoms with E-state index < -0.39 is 43.4 Å². The van der Waals surface area contributed by atoms with Gasteiger partial charge in [0.1, 0.15) is 24.4 Å². The van der Waals surface area contributed by atoms with Gasteiger partial charge in [0.05, 0.1) is 25.9 Å². The largest absolute Gasteiger partial charge is 0.394 e. The first kappa shape index (κ1) is 43.2. The number of hydrogen-bond acceptors (Lipinski definition) is 8. The summed E-state index contributed by atoms with van der Waals surface area (Å²) in [6.07, 6.45) is 22.6.